The summed E-state index contributed by atoms with van der Waals surface area (Å²) in [5, 5.41) is 0. The number of nitrogens with zero attached hydrogens (tertiary/aromatic N) is 1. The van der Waals surface area contributed by atoms with Crippen molar-refractivity contribution in [2.45, 2.75) is 46.2 Å². The number of amides is 1. The Bertz CT molecular complexity index is 356. The number of anilines is 1. The lowest BCUT2D eigenvalue weighted by Crippen LogP contribution is -2.31. The summed E-state index contributed by atoms with van der Waals surface area (Å²) in [5.74, 6) is 0. The van der Waals surface area contributed by atoms with E-state index in [4.69, 9.17) is 5.73 Å². The maximum absolute atomic E-state index is 11.1. The minimum absolute atomic E-state index is 0.261. The van der Waals surface area contributed by atoms with Crippen LogP contribution in [0, 0.1) is 6.92 Å². The van der Waals surface area contributed by atoms with Gasteiger partial charge in [0.1, 0.15) is 0 Å². The molecular formula is C14H22N2O. The number of rotatable bonds is 6. The molecule has 0 aromatic heterocycles. The number of benzene rings is 1. The zero-order valence-corrected chi connectivity index (χ0v) is 10.9. The fourth-order valence-electron chi connectivity index (χ4n) is 2.00. The minimum atomic E-state index is 0.261. The molecule has 3 heteroatoms. The molecule has 1 aromatic carbocycles. The van der Waals surface area contributed by atoms with Gasteiger partial charge in [-0.15, -0.1) is 0 Å². The van der Waals surface area contributed by atoms with Gasteiger partial charge in [-0.05, 0) is 37.5 Å². The van der Waals surface area contributed by atoms with Crippen molar-refractivity contribution in [3.8, 4) is 0 Å². The summed E-state index contributed by atoms with van der Waals surface area (Å²) in [5.41, 5.74) is 8.92. The molecule has 1 atom stereocenters. The standard InChI is InChI=1S/C14H22N2O/c1-4-6-12(3)16(10-17)9-13-11(2)7-5-8-14(13)15/h5,7-8,10,12H,4,6,9,15H2,1-3H3. The Labute approximate surface area is 104 Å². The first-order valence-corrected chi connectivity index (χ1v) is 6.15. The van der Waals surface area contributed by atoms with Crippen molar-refractivity contribution in [2.24, 2.45) is 0 Å². The van der Waals surface area contributed by atoms with E-state index in [1.54, 1.807) is 0 Å². The molecule has 0 aliphatic carbocycles. The molecule has 0 radical (unpaired) electrons. The average molecular weight is 234 g/mol. The maximum atomic E-state index is 11.1. The molecule has 0 bridgehead atoms. The quantitative estimate of drug-likeness (QED) is 0.607. The van der Waals surface area contributed by atoms with Gasteiger partial charge in [0.25, 0.3) is 0 Å². The molecule has 3 nitrogen and oxygen atoms in total. The number of hydrogen-bond donors (Lipinski definition) is 1. The molecule has 1 aromatic rings. The van der Waals surface area contributed by atoms with Gasteiger partial charge in [0.15, 0.2) is 0 Å². The van der Waals surface area contributed by atoms with E-state index in [2.05, 4.69) is 13.8 Å². The highest BCUT2D eigenvalue weighted by Crippen LogP contribution is 2.19. The van der Waals surface area contributed by atoms with Crippen molar-refractivity contribution in [2.75, 3.05) is 5.73 Å². The van der Waals surface area contributed by atoms with Crippen LogP contribution in [0.2, 0.25) is 0 Å². The smallest absolute Gasteiger partial charge is 0.210 e. The van der Waals surface area contributed by atoms with Gasteiger partial charge in [-0.2, -0.15) is 0 Å². The molecule has 0 aliphatic heterocycles. The molecule has 0 spiro atoms. The van der Waals surface area contributed by atoms with Crippen LogP contribution in [-0.4, -0.2) is 17.4 Å². The largest absolute Gasteiger partial charge is 0.398 e. The van der Waals surface area contributed by atoms with E-state index in [9.17, 15) is 4.79 Å². The van der Waals surface area contributed by atoms with Gasteiger partial charge in [-0.1, -0.05) is 25.5 Å². The highest BCUT2D eigenvalue weighted by molar-refractivity contribution is 5.54. The Hall–Kier alpha value is -1.51. The lowest BCUT2D eigenvalue weighted by Gasteiger charge is -2.26. The number of nitrogen functional groups attached to an aromatic ring is 1. The Morgan fingerprint density at radius 1 is 1.47 bits per heavy atom. The van der Waals surface area contributed by atoms with Gasteiger partial charge in [0, 0.05) is 18.3 Å². The molecule has 0 aliphatic rings. The number of carbonyl (C=O) groups is 1. The van der Waals surface area contributed by atoms with Crippen LogP contribution in [0.3, 0.4) is 0 Å². The second-order valence-electron chi connectivity index (χ2n) is 4.56. The van der Waals surface area contributed by atoms with Crippen LogP contribution in [-0.2, 0) is 11.3 Å². The van der Waals surface area contributed by atoms with Gasteiger partial charge in [-0.3, -0.25) is 4.79 Å². The lowest BCUT2D eigenvalue weighted by atomic mass is 10.0. The third-order valence-corrected chi connectivity index (χ3v) is 3.20. The monoisotopic (exact) mass is 234 g/mol. The fourth-order valence-corrected chi connectivity index (χ4v) is 2.00. The summed E-state index contributed by atoms with van der Waals surface area (Å²) in [7, 11) is 0. The van der Waals surface area contributed by atoms with E-state index < -0.39 is 0 Å². The van der Waals surface area contributed by atoms with Crippen molar-refractivity contribution < 1.29 is 4.79 Å². The Morgan fingerprint density at radius 2 is 2.18 bits per heavy atom. The van der Waals surface area contributed by atoms with Gasteiger partial charge in [0.05, 0.1) is 0 Å². The molecule has 94 valence electrons. The summed E-state index contributed by atoms with van der Waals surface area (Å²) >= 11 is 0. The van der Waals surface area contributed by atoms with Crippen LogP contribution in [0.15, 0.2) is 18.2 Å². The first-order chi connectivity index (χ1) is 8.10. The van der Waals surface area contributed by atoms with Crippen LogP contribution in [0.4, 0.5) is 5.69 Å². The summed E-state index contributed by atoms with van der Waals surface area (Å²) in [6, 6.07) is 6.11. The third-order valence-electron chi connectivity index (χ3n) is 3.20. The molecule has 0 saturated heterocycles. The van der Waals surface area contributed by atoms with Crippen LogP contribution in [0.25, 0.3) is 0 Å². The number of aryl methyl sites for hydroxylation is 1. The zero-order chi connectivity index (χ0) is 12.8. The first kappa shape index (κ1) is 13.6. The SMILES string of the molecule is CCCC(C)N(C=O)Cc1c(C)cccc1N. The van der Waals surface area contributed by atoms with E-state index in [1.165, 1.54) is 0 Å². The van der Waals surface area contributed by atoms with Gasteiger partial charge < -0.3 is 10.6 Å². The average Bonchev–Trinajstić information content (AvgIpc) is 2.29. The summed E-state index contributed by atoms with van der Waals surface area (Å²) < 4.78 is 0. The third kappa shape index (κ3) is 3.48. The van der Waals surface area contributed by atoms with Crippen LogP contribution in [0.1, 0.15) is 37.8 Å². The molecule has 17 heavy (non-hydrogen) atoms. The van der Waals surface area contributed by atoms with Crippen LogP contribution in [0.5, 0.6) is 0 Å². The van der Waals surface area contributed by atoms with E-state index in [0.717, 1.165) is 36.1 Å². The fraction of sp³-hybridized carbons (Fsp3) is 0.500. The van der Waals surface area contributed by atoms with Crippen molar-refractivity contribution in [1.82, 2.24) is 4.90 Å². The highest BCUT2D eigenvalue weighted by Gasteiger charge is 2.13. The highest BCUT2D eigenvalue weighted by atomic mass is 16.1. The minimum Gasteiger partial charge on any atom is -0.398 e. The number of hydrogen-bond acceptors (Lipinski definition) is 2. The predicted molar refractivity (Wildman–Crippen MR) is 71.6 cm³/mol. The van der Waals surface area contributed by atoms with Gasteiger partial charge >= 0.3 is 0 Å². The Kier molecular flexibility index (Phi) is 5.01. The molecule has 1 rings (SSSR count). The second kappa shape index (κ2) is 6.28. The predicted octanol–water partition coefficient (Wildman–Crippen LogP) is 2.72. The normalized spacial score (nSPS) is 12.2. The lowest BCUT2D eigenvalue weighted by molar-refractivity contribution is -0.120. The van der Waals surface area contributed by atoms with E-state index >= 15 is 0 Å². The molecule has 1 unspecified atom stereocenters. The second-order valence-corrected chi connectivity index (χ2v) is 4.56. The Morgan fingerprint density at radius 3 is 2.71 bits per heavy atom. The van der Waals surface area contributed by atoms with Crippen LogP contribution < -0.4 is 5.73 Å². The van der Waals surface area contributed by atoms with Crippen LogP contribution >= 0.6 is 0 Å². The zero-order valence-electron chi connectivity index (χ0n) is 10.9. The summed E-state index contributed by atoms with van der Waals surface area (Å²) in [6.07, 6.45) is 3.02. The van der Waals surface area contributed by atoms with E-state index in [1.807, 2.05) is 30.0 Å². The molecule has 0 saturated carbocycles. The molecule has 0 fully saturated rings. The number of carbonyl (C=O) groups excluding carboxylic acids is 1. The van der Waals surface area contributed by atoms with Gasteiger partial charge in [-0.25, -0.2) is 0 Å². The van der Waals surface area contributed by atoms with Crippen molar-refractivity contribution in [3.05, 3.63) is 29.3 Å². The van der Waals surface area contributed by atoms with E-state index in [-0.39, 0.29) is 6.04 Å². The molecule has 2 N–H and O–H groups in total. The summed E-state index contributed by atoms with van der Waals surface area (Å²) in [6.45, 7) is 6.83. The topological polar surface area (TPSA) is 46.3 Å². The molecule has 0 heterocycles. The maximum Gasteiger partial charge on any atom is 0.210 e. The number of nitrogens with two attached hydrogens (primary N) is 1. The summed E-state index contributed by atoms with van der Waals surface area (Å²) in [4.78, 5) is 13.0. The van der Waals surface area contributed by atoms with Crippen molar-refractivity contribution in [1.29, 1.82) is 0 Å². The van der Waals surface area contributed by atoms with Crippen molar-refractivity contribution in [3.63, 3.8) is 0 Å². The van der Waals surface area contributed by atoms with Gasteiger partial charge in [0.2, 0.25) is 6.41 Å². The molecular weight excluding hydrogens is 212 g/mol. The first-order valence-electron chi connectivity index (χ1n) is 6.15. The Balaban J connectivity index is 2.84. The molecule has 1 amide bonds. The van der Waals surface area contributed by atoms with E-state index in [0.29, 0.717) is 6.54 Å². The van der Waals surface area contributed by atoms with Crippen molar-refractivity contribution >= 4 is 12.1 Å².